The maximum Gasteiger partial charge on any atom is 0.488 e. The van der Waals surface area contributed by atoms with Crippen LogP contribution in [0.15, 0.2) is 108 Å². The van der Waals surface area contributed by atoms with Crippen LogP contribution in [-0.4, -0.2) is 75.1 Å². The number of aryl methyl sites for hydroxylation is 4. The van der Waals surface area contributed by atoms with Crippen molar-refractivity contribution in [3.8, 4) is 11.1 Å². The molecule has 6 aromatic rings. The molecule has 348 valence electrons. The number of benzene rings is 4. The summed E-state index contributed by atoms with van der Waals surface area (Å²) in [5.74, 6) is 2.11. The van der Waals surface area contributed by atoms with E-state index in [0.717, 1.165) is 111 Å². The van der Waals surface area contributed by atoms with Gasteiger partial charge < -0.3 is 30.6 Å². The van der Waals surface area contributed by atoms with E-state index in [4.69, 9.17) is 63.7 Å². The summed E-state index contributed by atoms with van der Waals surface area (Å²) in [5.41, 5.74) is 20.5. The van der Waals surface area contributed by atoms with E-state index in [9.17, 15) is 9.59 Å². The minimum Gasteiger partial charge on any atom is -0.423 e. The van der Waals surface area contributed by atoms with Crippen molar-refractivity contribution in [2.45, 2.75) is 76.3 Å². The molecule has 4 atom stereocenters. The molecule has 68 heavy (non-hydrogen) atoms. The van der Waals surface area contributed by atoms with Gasteiger partial charge in [0.05, 0.1) is 11.4 Å². The second kappa shape index (κ2) is 16.7. The number of carbonyl (C=O) groups excluding carboxylic acids is 2. The Morgan fingerprint density at radius 3 is 1.62 bits per heavy atom. The van der Waals surface area contributed by atoms with Crippen LogP contribution >= 0.6 is 39.1 Å². The van der Waals surface area contributed by atoms with E-state index in [-0.39, 0.29) is 29.1 Å². The summed E-state index contributed by atoms with van der Waals surface area (Å²) in [6.45, 7) is 3.88. The third-order valence-corrected chi connectivity index (χ3v) is 16.1. The van der Waals surface area contributed by atoms with E-state index in [1.165, 1.54) is 21.4 Å². The summed E-state index contributed by atoms with van der Waals surface area (Å²) in [5, 5.41) is 26.9. The number of guanidine groups is 2. The summed E-state index contributed by atoms with van der Waals surface area (Å²) in [6, 6.07) is 26.7. The van der Waals surface area contributed by atoms with Crippen molar-refractivity contribution in [3.63, 3.8) is 0 Å². The van der Waals surface area contributed by atoms with Crippen LogP contribution in [0.1, 0.15) is 69.1 Å². The molecule has 0 saturated heterocycles. The lowest BCUT2D eigenvalue weighted by Gasteiger charge is -2.43. The van der Waals surface area contributed by atoms with Crippen LogP contribution in [-0.2, 0) is 59.2 Å². The number of fused-ring (bicyclic) bond motifs is 8. The van der Waals surface area contributed by atoms with Gasteiger partial charge in [0.25, 0.3) is 11.8 Å². The molecule has 4 spiro atoms. The number of nitrogens with two attached hydrogens (primary N) is 2. The first-order valence-electron chi connectivity index (χ1n) is 22.4. The highest BCUT2D eigenvalue weighted by Gasteiger charge is 2.68. The lowest BCUT2D eigenvalue weighted by atomic mass is 9.61. The summed E-state index contributed by atoms with van der Waals surface area (Å²) >= 11 is 15.4. The Morgan fingerprint density at radius 1 is 0.662 bits per heavy atom. The molecule has 0 saturated carbocycles. The van der Waals surface area contributed by atoms with Crippen LogP contribution in [0, 0.1) is 24.7 Å². The van der Waals surface area contributed by atoms with E-state index >= 15 is 0 Å². The van der Waals surface area contributed by atoms with Crippen LogP contribution in [0.25, 0.3) is 11.1 Å². The average Bonchev–Trinajstić information content (AvgIpc) is 4.12. The molecule has 6 N–H and O–H groups in total. The Hall–Kier alpha value is -5.78. The molecule has 6 aliphatic rings. The average molecular weight is 1020 g/mol. The second-order valence-corrected chi connectivity index (χ2v) is 20.6. The van der Waals surface area contributed by atoms with Crippen molar-refractivity contribution < 1.29 is 28.7 Å². The van der Waals surface area contributed by atoms with Crippen molar-refractivity contribution in [1.29, 1.82) is 0 Å². The Balaban J connectivity index is 0.000000134. The maximum absolute atomic E-state index is 13.9. The molecular formula is C50H48BBrCl2N8O6. The number of hydrogen-bond acceptors (Lipinski definition) is 12. The zero-order valence-corrected chi connectivity index (χ0v) is 40.9. The van der Waals surface area contributed by atoms with Crippen molar-refractivity contribution in [1.82, 2.24) is 20.1 Å². The fourth-order valence-electron chi connectivity index (χ4n) is 11.7. The van der Waals surface area contributed by atoms with Gasteiger partial charge in [-0.1, -0.05) is 91.9 Å². The summed E-state index contributed by atoms with van der Waals surface area (Å²) in [4.78, 5) is 40.1. The molecule has 2 amide bonds. The predicted octanol–water partition coefficient (Wildman–Crippen LogP) is 6.50. The zero-order valence-electron chi connectivity index (χ0n) is 37.8. The molecular weight excluding hydrogens is 970 g/mol. The van der Waals surface area contributed by atoms with Gasteiger partial charge in [-0.3, -0.25) is 19.4 Å². The van der Waals surface area contributed by atoms with E-state index in [1.807, 2.05) is 50.2 Å². The number of likely N-dealkylation sites (N-methyl/N-ethyl adjacent to an activating group) is 2. The van der Waals surface area contributed by atoms with Gasteiger partial charge in [0.1, 0.15) is 11.5 Å². The SMILES string of the molecule is Cc1onc2c1CC1(CC2)Cc2ccc(-c3cccc(Cl)c3)cc2C12N=C(N)N(C)C2=O.Cc1onc2c1CC1(CC2)Cc2ccc(Br)cc2C12N=C(N)N(C)C2=O.OB(O)c1cccc(Cl)c1. The third kappa shape index (κ3) is 6.96. The summed E-state index contributed by atoms with van der Waals surface area (Å²) < 4.78 is 11.9. The quantitative estimate of drug-likeness (QED) is 0.139. The standard InChI is InChI=1S/C25H23ClN4O2.C19H19BrN4O2.C6H6BClO2/c1-14-19-13-24(9-8-21(19)29-32-14)12-17-7-6-16(15-4-3-5-18(26)10-15)11-20(17)25(24)22(31)30(2)23(27)28-25;1-10-13-9-18(6-5-15(13)23-26-10)8-11-3-4-12(20)7-14(11)19(18)16(25)24(2)17(21)22-19;8-6-3-1-2-5(4-6)7(9)10/h3-7,10-11H,8-9,12-13H2,1-2H3,(H2,27,28);3-4,7H,5-6,8-9H2,1-2H3,(H2,21,22);1-4,9-10H. The number of aliphatic imine (C=N–C) groups is 2. The first-order valence-corrected chi connectivity index (χ1v) is 23.9. The first kappa shape index (κ1) is 46.0. The van der Waals surface area contributed by atoms with Crippen LogP contribution < -0.4 is 16.9 Å². The van der Waals surface area contributed by atoms with Crippen LogP contribution in [0.4, 0.5) is 0 Å². The highest BCUT2D eigenvalue weighted by atomic mass is 79.9. The van der Waals surface area contributed by atoms with Crippen LogP contribution in [0.2, 0.25) is 10.0 Å². The number of hydrogen-bond donors (Lipinski definition) is 4. The Kier molecular flexibility index (Phi) is 11.3. The van der Waals surface area contributed by atoms with Crippen LogP contribution in [0.5, 0.6) is 0 Å². The van der Waals surface area contributed by atoms with Gasteiger partial charge in [-0.05, 0) is 147 Å². The summed E-state index contributed by atoms with van der Waals surface area (Å²) in [6.07, 6.45) is 6.15. The smallest absolute Gasteiger partial charge is 0.423 e. The molecule has 4 heterocycles. The molecule has 14 nitrogen and oxygen atoms in total. The van der Waals surface area contributed by atoms with Gasteiger partial charge in [0.15, 0.2) is 23.0 Å². The molecule has 12 rings (SSSR count). The molecule has 2 aliphatic heterocycles. The molecule has 0 fully saturated rings. The largest absolute Gasteiger partial charge is 0.488 e. The highest BCUT2D eigenvalue weighted by Crippen LogP contribution is 2.63. The molecule has 0 radical (unpaired) electrons. The minimum absolute atomic E-state index is 0.0376. The minimum atomic E-state index is -1.43. The van der Waals surface area contributed by atoms with Crippen molar-refractivity contribution in [2.75, 3.05) is 14.1 Å². The fraction of sp³-hybridized carbons (Fsp3) is 0.320. The van der Waals surface area contributed by atoms with Crippen molar-refractivity contribution in [3.05, 3.63) is 156 Å². The fourth-order valence-corrected chi connectivity index (χ4v) is 12.5. The normalized spacial score (nSPS) is 24.9. The van der Waals surface area contributed by atoms with Gasteiger partial charge in [0.2, 0.25) is 0 Å². The number of halogens is 3. The van der Waals surface area contributed by atoms with E-state index < -0.39 is 23.6 Å². The molecule has 0 bridgehead atoms. The Bertz CT molecular complexity index is 3140. The van der Waals surface area contributed by atoms with Gasteiger partial charge in [-0.25, -0.2) is 9.98 Å². The van der Waals surface area contributed by atoms with Gasteiger partial charge in [-0.15, -0.1) is 0 Å². The monoisotopic (exact) mass is 1020 g/mol. The first-order chi connectivity index (χ1) is 32.4. The van der Waals surface area contributed by atoms with Crippen molar-refractivity contribution >= 4 is 75.4 Å². The van der Waals surface area contributed by atoms with Gasteiger partial charge in [0, 0.05) is 50.6 Å². The molecule has 18 heteroatoms. The summed E-state index contributed by atoms with van der Waals surface area (Å²) in [7, 11) is 1.98. The van der Waals surface area contributed by atoms with E-state index in [0.29, 0.717) is 21.9 Å². The topological polar surface area (TPSA) is 210 Å². The number of rotatable bonds is 2. The van der Waals surface area contributed by atoms with E-state index in [2.05, 4.69) is 50.5 Å². The number of aromatic nitrogens is 2. The number of amides is 2. The number of nitrogens with zero attached hydrogens (tertiary/aromatic N) is 6. The van der Waals surface area contributed by atoms with Crippen molar-refractivity contribution in [2.24, 2.45) is 32.3 Å². The lowest BCUT2D eigenvalue weighted by Crippen LogP contribution is -2.51. The Labute approximate surface area is 411 Å². The molecule has 4 unspecified atom stereocenters. The second-order valence-electron chi connectivity index (χ2n) is 18.8. The molecule has 4 aliphatic carbocycles. The van der Waals surface area contributed by atoms with Gasteiger partial charge in [-0.2, -0.15) is 0 Å². The zero-order chi connectivity index (χ0) is 48.1. The molecule has 4 aromatic carbocycles. The van der Waals surface area contributed by atoms with E-state index in [1.54, 1.807) is 32.3 Å². The highest BCUT2D eigenvalue weighted by molar-refractivity contribution is 9.10. The van der Waals surface area contributed by atoms with Crippen LogP contribution in [0.3, 0.4) is 0 Å². The Morgan fingerprint density at radius 2 is 1.15 bits per heavy atom. The number of carbonyl (C=O) groups is 2. The molecule has 2 aromatic heterocycles. The van der Waals surface area contributed by atoms with Gasteiger partial charge >= 0.3 is 7.12 Å². The third-order valence-electron chi connectivity index (χ3n) is 15.2. The maximum atomic E-state index is 13.9. The lowest BCUT2D eigenvalue weighted by molar-refractivity contribution is -0.136. The predicted molar refractivity (Wildman–Crippen MR) is 263 cm³/mol.